The van der Waals surface area contributed by atoms with E-state index in [2.05, 4.69) is 47.3 Å². The van der Waals surface area contributed by atoms with Gasteiger partial charge in [0.2, 0.25) is 0 Å². The molecule has 4 rings (SSSR count). The molecule has 5 heteroatoms. The van der Waals surface area contributed by atoms with Crippen molar-refractivity contribution in [1.29, 1.82) is 0 Å². The van der Waals surface area contributed by atoms with E-state index >= 15 is 0 Å². The van der Waals surface area contributed by atoms with Gasteiger partial charge in [-0.05, 0) is 44.3 Å². The first-order valence-corrected chi connectivity index (χ1v) is 8.68. The zero-order valence-corrected chi connectivity index (χ0v) is 14.8. The Bertz CT molecular complexity index is 807. The summed E-state index contributed by atoms with van der Waals surface area (Å²) >= 11 is 6.20. The van der Waals surface area contributed by atoms with Crippen LogP contribution in [0.4, 0.5) is 17.1 Å². The Balaban J connectivity index is 1.85. The van der Waals surface area contributed by atoms with E-state index in [1.807, 2.05) is 18.2 Å². The van der Waals surface area contributed by atoms with Crippen LogP contribution in [0.15, 0.2) is 41.4 Å². The van der Waals surface area contributed by atoms with Crippen LogP contribution in [-0.4, -0.2) is 48.9 Å². The second-order valence-electron chi connectivity index (χ2n) is 6.56. The second kappa shape index (κ2) is 6.11. The summed E-state index contributed by atoms with van der Waals surface area (Å²) in [7, 11) is 2.17. The second-order valence-corrected chi connectivity index (χ2v) is 7.00. The van der Waals surface area contributed by atoms with Gasteiger partial charge in [-0.3, -0.25) is 0 Å². The van der Waals surface area contributed by atoms with Gasteiger partial charge in [-0.1, -0.05) is 23.2 Å². The number of rotatable bonds is 0. The van der Waals surface area contributed by atoms with Gasteiger partial charge in [0.1, 0.15) is 5.84 Å². The van der Waals surface area contributed by atoms with Crippen LogP contribution in [0, 0.1) is 6.92 Å². The minimum absolute atomic E-state index is 0.708. The van der Waals surface area contributed by atoms with Crippen molar-refractivity contribution in [1.82, 2.24) is 9.80 Å². The van der Waals surface area contributed by atoms with Crippen molar-refractivity contribution in [3.63, 3.8) is 0 Å². The van der Waals surface area contributed by atoms with E-state index in [1.54, 1.807) is 0 Å². The fourth-order valence-corrected chi connectivity index (χ4v) is 3.40. The summed E-state index contributed by atoms with van der Waals surface area (Å²) in [6, 6.07) is 12.3. The third-order valence-corrected chi connectivity index (χ3v) is 4.91. The fraction of sp³-hybridized carbons (Fsp3) is 0.316. The molecule has 0 atom stereocenters. The third-order valence-electron chi connectivity index (χ3n) is 4.67. The maximum absolute atomic E-state index is 6.20. The Morgan fingerprint density at radius 2 is 1.75 bits per heavy atom. The highest BCUT2D eigenvalue weighted by atomic mass is 35.5. The fourth-order valence-electron chi connectivity index (χ4n) is 3.23. The molecule has 0 bridgehead atoms. The summed E-state index contributed by atoms with van der Waals surface area (Å²) in [4.78, 5) is 9.75. The molecular formula is C19H21ClN4. The van der Waals surface area contributed by atoms with Crippen LogP contribution in [0.1, 0.15) is 11.1 Å². The van der Waals surface area contributed by atoms with Crippen LogP contribution in [0.3, 0.4) is 0 Å². The van der Waals surface area contributed by atoms with Gasteiger partial charge in [0, 0.05) is 42.5 Å². The molecule has 1 fully saturated rings. The molecule has 0 radical (unpaired) electrons. The number of halogens is 1. The molecule has 0 spiro atoms. The van der Waals surface area contributed by atoms with Gasteiger partial charge in [0.25, 0.3) is 0 Å². The van der Waals surface area contributed by atoms with E-state index in [-0.39, 0.29) is 0 Å². The van der Waals surface area contributed by atoms with E-state index < -0.39 is 0 Å². The highest BCUT2D eigenvalue weighted by Crippen LogP contribution is 2.36. The van der Waals surface area contributed by atoms with Crippen LogP contribution in [-0.2, 0) is 0 Å². The zero-order valence-electron chi connectivity index (χ0n) is 14.0. The molecule has 0 unspecified atom stereocenters. The Hall–Kier alpha value is -2.04. The molecule has 2 aromatic rings. The highest BCUT2D eigenvalue weighted by Gasteiger charge is 2.24. The monoisotopic (exact) mass is 340 g/mol. The summed E-state index contributed by atoms with van der Waals surface area (Å²) in [5.74, 6) is 1.04. The van der Waals surface area contributed by atoms with E-state index in [4.69, 9.17) is 16.6 Å². The first-order chi connectivity index (χ1) is 11.6. The molecule has 0 saturated carbocycles. The molecule has 0 amide bonds. The number of piperazine rings is 1. The molecule has 2 aliphatic heterocycles. The number of benzene rings is 2. The summed E-state index contributed by atoms with van der Waals surface area (Å²) in [5, 5.41) is 4.23. The molecular weight excluding hydrogens is 320 g/mol. The number of aliphatic imine (C=N–C) groups is 1. The van der Waals surface area contributed by atoms with Gasteiger partial charge in [0.05, 0.1) is 11.4 Å². The van der Waals surface area contributed by atoms with Gasteiger partial charge in [-0.25, -0.2) is 4.99 Å². The van der Waals surface area contributed by atoms with Crippen molar-refractivity contribution in [2.24, 2.45) is 4.99 Å². The highest BCUT2D eigenvalue weighted by molar-refractivity contribution is 6.31. The smallest absolute Gasteiger partial charge is 0.138 e. The number of hydrogen-bond acceptors (Lipinski definition) is 4. The molecule has 1 N–H and O–H groups in total. The molecule has 2 aliphatic rings. The largest absolute Gasteiger partial charge is 0.353 e. The Morgan fingerprint density at radius 1 is 1.00 bits per heavy atom. The summed E-state index contributed by atoms with van der Waals surface area (Å²) in [6.45, 7) is 6.19. The number of anilines is 2. The summed E-state index contributed by atoms with van der Waals surface area (Å²) < 4.78 is 0. The lowest BCUT2D eigenvalue weighted by molar-refractivity contribution is 0.216. The molecule has 4 nitrogen and oxygen atoms in total. The minimum atomic E-state index is 0.708. The number of nitrogens with one attached hydrogen (secondary N) is 1. The van der Waals surface area contributed by atoms with E-state index in [0.717, 1.165) is 54.6 Å². The maximum Gasteiger partial charge on any atom is 0.138 e. The standard InChI is InChI=1S/C19H21ClN4/c1-13-3-5-16-15(11-13)19(24-9-7-23(2)8-10-24)22-18-12-14(20)4-6-17(18)21-16/h3-6,11-12,21H,7-10H2,1-2H3. The lowest BCUT2D eigenvalue weighted by Gasteiger charge is -2.34. The van der Waals surface area contributed by atoms with Crippen molar-refractivity contribution in [3.8, 4) is 0 Å². The zero-order chi connectivity index (χ0) is 16.7. The van der Waals surface area contributed by atoms with Crippen molar-refractivity contribution in [2.75, 3.05) is 38.5 Å². The molecule has 1 saturated heterocycles. The Morgan fingerprint density at radius 3 is 2.54 bits per heavy atom. The lowest BCUT2D eigenvalue weighted by atomic mass is 10.1. The number of amidine groups is 1. The lowest BCUT2D eigenvalue weighted by Crippen LogP contribution is -2.47. The predicted molar refractivity (Wildman–Crippen MR) is 101 cm³/mol. The molecule has 2 aromatic carbocycles. The van der Waals surface area contributed by atoms with Crippen LogP contribution < -0.4 is 5.32 Å². The van der Waals surface area contributed by atoms with E-state index in [1.165, 1.54) is 5.56 Å². The van der Waals surface area contributed by atoms with Crippen molar-refractivity contribution in [2.45, 2.75) is 6.92 Å². The quantitative estimate of drug-likeness (QED) is 0.785. The van der Waals surface area contributed by atoms with Gasteiger partial charge >= 0.3 is 0 Å². The molecule has 24 heavy (non-hydrogen) atoms. The first kappa shape index (κ1) is 15.5. The van der Waals surface area contributed by atoms with Crippen LogP contribution in [0.25, 0.3) is 0 Å². The average molecular weight is 341 g/mol. The van der Waals surface area contributed by atoms with E-state index in [0.29, 0.717) is 5.02 Å². The average Bonchev–Trinajstić information content (AvgIpc) is 2.72. The number of nitrogens with zero attached hydrogens (tertiary/aromatic N) is 3. The molecule has 0 aromatic heterocycles. The number of fused-ring (bicyclic) bond motifs is 2. The molecule has 0 aliphatic carbocycles. The number of hydrogen-bond donors (Lipinski definition) is 1. The van der Waals surface area contributed by atoms with Gasteiger partial charge in [-0.2, -0.15) is 0 Å². The summed E-state index contributed by atoms with van der Waals surface area (Å²) in [5.41, 5.74) is 5.38. The third kappa shape index (κ3) is 2.87. The predicted octanol–water partition coefficient (Wildman–Crippen LogP) is 4.03. The van der Waals surface area contributed by atoms with Crippen LogP contribution in [0.2, 0.25) is 5.02 Å². The first-order valence-electron chi connectivity index (χ1n) is 8.30. The van der Waals surface area contributed by atoms with E-state index in [9.17, 15) is 0 Å². The normalized spacial score (nSPS) is 17.5. The maximum atomic E-state index is 6.20. The minimum Gasteiger partial charge on any atom is -0.353 e. The number of likely N-dealkylation sites (N-methyl/N-ethyl adjacent to an activating group) is 1. The number of aryl methyl sites for hydroxylation is 1. The van der Waals surface area contributed by atoms with Crippen molar-refractivity contribution in [3.05, 3.63) is 52.5 Å². The topological polar surface area (TPSA) is 30.9 Å². The molecule has 124 valence electrons. The van der Waals surface area contributed by atoms with Crippen LogP contribution >= 0.6 is 11.6 Å². The van der Waals surface area contributed by atoms with Gasteiger partial charge in [-0.15, -0.1) is 0 Å². The Kier molecular flexibility index (Phi) is 3.94. The van der Waals surface area contributed by atoms with Crippen molar-refractivity contribution < 1.29 is 0 Å². The SMILES string of the molecule is Cc1ccc2c(c1)C(N1CCN(C)CC1)=Nc1cc(Cl)ccc1N2. The van der Waals surface area contributed by atoms with Gasteiger partial charge in [0.15, 0.2) is 0 Å². The summed E-state index contributed by atoms with van der Waals surface area (Å²) in [6.07, 6.45) is 0. The van der Waals surface area contributed by atoms with Gasteiger partial charge < -0.3 is 15.1 Å². The Labute approximate surface area is 147 Å². The van der Waals surface area contributed by atoms with Crippen molar-refractivity contribution >= 4 is 34.5 Å². The van der Waals surface area contributed by atoms with Crippen LogP contribution in [0.5, 0.6) is 0 Å². The molecule has 2 heterocycles.